The molecule has 0 saturated carbocycles. The van der Waals surface area contributed by atoms with Crippen LogP contribution in [0.15, 0.2) is 72.3 Å². The number of hydrogen-bond acceptors (Lipinski definition) is 5. The van der Waals surface area contributed by atoms with Crippen molar-refractivity contribution in [2.45, 2.75) is 6.54 Å². The third-order valence-electron chi connectivity index (χ3n) is 4.93. The van der Waals surface area contributed by atoms with Crippen molar-refractivity contribution in [1.82, 2.24) is 9.47 Å². The van der Waals surface area contributed by atoms with Gasteiger partial charge in [0.15, 0.2) is 0 Å². The summed E-state index contributed by atoms with van der Waals surface area (Å²) < 4.78 is 13.9. The Hall–Kier alpha value is -3.03. The van der Waals surface area contributed by atoms with Crippen LogP contribution in [0.3, 0.4) is 0 Å². The molecule has 2 aromatic carbocycles. The summed E-state index contributed by atoms with van der Waals surface area (Å²) in [7, 11) is 1.64. The number of fused-ring (bicyclic) bond motifs is 1. The highest BCUT2D eigenvalue weighted by molar-refractivity contribution is 8.26. The minimum Gasteiger partial charge on any atom is -0.497 e. The molecule has 0 bridgehead atoms. The second-order valence-corrected chi connectivity index (χ2v) is 8.58. The number of thioether (sulfide) groups is 1. The number of thiocarbonyl (C=S) groups is 1. The third-order valence-corrected chi connectivity index (χ3v) is 6.31. The van der Waals surface area contributed by atoms with Crippen molar-refractivity contribution in [2.75, 3.05) is 20.3 Å². The van der Waals surface area contributed by atoms with Crippen LogP contribution in [0.5, 0.6) is 11.5 Å². The predicted molar refractivity (Wildman–Crippen MR) is 131 cm³/mol. The lowest BCUT2D eigenvalue weighted by Gasteiger charge is -2.10. The molecule has 1 aromatic heterocycles. The lowest BCUT2D eigenvalue weighted by atomic mass is 10.1. The number of ether oxygens (including phenoxy) is 2. The average Bonchev–Trinajstić information content (AvgIpc) is 3.26. The molecule has 5 nitrogen and oxygen atoms in total. The van der Waals surface area contributed by atoms with Crippen LogP contribution < -0.4 is 9.47 Å². The first kappa shape index (κ1) is 21.2. The molecule has 0 radical (unpaired) electrons. The first-order chi connectivity index (χ1) is 15.1. The molecule has 4 rings (SSSR count). The zero-order valence-electron chi connectivity index (χ0n) is 17.1. The fraction of sp³-hybridized carbons (Fsp3) is 0.167. The fourth-order valence-corrected chi connectivity index (χ4v) is 4.72. The highest BCUT2D eigenvalue weighted by atomic mass is 32.2. The van der Waals surface area contributed by atoms with Crippen molar-refractivity contribution in [3.63, 3.8) is 0 Å². The molecule has 0 unspecified atom stereocenters. The van der Waals surface area contributed by atoms with Gasteiger partial charge in [0.1, 0.15) is 22.4 Å². The molecule has 0 aliphatic carbocycles. The molecule has 2 heterocycles. The number of amides is 1. The molecule has 1 aliphatic heterocycles. The summed E-state index contributed by atoms with van der Waals surface area (Å²) in [5.41, 5.74) is 2.07. The average molecular weight is 451 g/mol. The monoisotopic (exact) mass is 450 g/mol. The van der Waals surface area contributed by atoms with Crippen LogP contribution in [-0.2, 0) is 11.3 Å². The van der Waals surface area contributed by atoms with Crippen molar-refractivity contribution in [2.24, 2.45) is 0 Å². The Kier molecular flexibility index (Phi) is 6.44. The molecule has 158 valence electrons. The first-order valence-electron chi connectivity index (χ1n) is 9.81. The van der Waals surface area contributed by atoms with E-state index in [-0.39, 0.29) is 5.91 Å². The van der Waals surface area contributed by atoms with E-state index in [4.69, 9.17) is 21.7 Å². The van der Waals surface area contributed by atoms with E-state index >= 15 is 0 Å². The maximum Gasteiger partial charge on any atom is 0.266 e. The molecule has 0 N–H and O–H groups in total. The van der Waals surface area contributed by atoms with Gasteiger partial charge in [-0.2, -0.15) is 0 Å². The second kappa shape index (κ2) is 9.41. The van der Waals surface area contributed by atoms with Crippen molar-refractivity contribution >= 4 is 51.2 Å². The van der Waals surface area contributed by atoms with Crippen molar-refractivity contribution in [1.29, 1.82) is 0 Å². The molecule has 31 heavy (non-hydrogen) atoms. The smallest absolute Gasteiger partial charge is 0.266 e. The van der Waals surface area contributed by atoms with Gasteiger partial charge in [-0.1, -0.05) is 54.3 Å². The van der Waals surface area contributed by atoms with Gasteiger partial charge in [0.25, 0.3) is 5.91 Å². The molecule has 3 aromatic rings. The topological polar surface area (TPSA) is 43.7 Å². The maximum absolute atomic E-state index is 12.7. The van der Waals surface area contributed by atoms with E-state index in [1.165, 1.54) is 11.8 Å². The van der Waals surface area contributed by atoms with E-state index in [9.17, 15) is 4.79 Å². The molecule has 1 aliphatic rings. The first-order valence-corrected chi connectivity index (χ1v) is 11.0. The largest absolute Gasteiger partial charge is 0.497 e. The number of rotatable bonds is 8. The van der Waals surface area contributed by atoms with Gasteiger partial charge >= 0.3 is 0 Å². The van der Waals surface area contributed by atoms with Crippen LogP contribution in [0.2, 0.25) is 0 Å². The summed E-state index contributed by atoms with van der Waals surface area (Å²) >= 11 is 6.68. The number of nitrogens with zero attached hydrogens (tertiary/aromatic N) is 2. The van der Waals surface area contributed by atoms with Gasteiger partial charge < -0.3 is 14.0 Å². The van der Waals surface area contributed by atoms with Crippen LogP contribution in [0, 0.1) is 0 Å². The van der Waals surface area contributed by atoms with E-state index in [0.717, 1.165) is 28.0 Å². The minimum absolute atomic E-state index is 0.0758. The van der Waals surface area contributed by atoms with E-state index in [1.807, 2.05) is 42.5 Å². The Balaban J connectivity index is 1.56. The Morgan fingerprint density at radius 2 is 1.97 bits per heavy atom. The van der Waals surface area contributed by atoms with Gasteiger partial charge in [0, 0.05) is 35.3 Å². The summed E-state index contributed by atoms with van der Waals surface area (Å²) in [6.45, 7) is 5.30. The number of carbonyl (C=O) groups excluding carboxylic acids is 1. The zero-order chi connectivity index (χ0) is 21.8. The molecule has 0 atom stereocenters. The quantitative estimate of drug-likeness (QED) is 0.271. The van der Waals surface area contributed by atoms with E-state index < -0.39 is 0 Å². The number of carbonyl (C=O) groups is 1. The Morgan fingerprint density at radius 1 is 1.16 bits per heavy atom. The molecule has 7 heteroatoms. The van der Waals surface area contributed by atoms with Crippen LogP contribution in [-0.4, -0.2) is 40.0 Å². The van der Waals surface area contributed by atoms with Gasteiger partial charge in [-0.15, -0.1) is 6.58 Å². The zero-order valence-corrected chi connectivity index (χ0v) is 18.7. The van der Waals surface area contributed by atoms with Crippen molar-refractivity contribution in [3.8, 4) is 11.5 Å². The summed E-state index contributed by atoms with van der Waals surface area (Å²) in [5, 5.41) is 1.08. The number of methoxy groups -OCH3 is 1. The number of para-hydroxylation sites is 1. The van der Waals surface area contributed by atoms with E-state index in [0.29, 0.717) is 28.9 Å². The van der Waals surface area contributed by atoms with E-state index in [1.54, 1.807) is 18.1 Å². The maximum atomic E-state index is 12.7. The molecular formula is C24H22N2O3S2. The summed E-state index contributed by atoms with van der Waals surface area (Å²) in [6.07, 6.45) is 5.66. The van der Waals surface area contributed by atoms with Gasteiger partial charge in [-0.3, -0.25) is 9.69 Å². The lowest BCUT2D eigenvalue weighted by Crippen LogP contribution is -2.27. The SMILES string of the molecule is C=CCN1C(=O)/C(=C\c2cn(CCOc3cccc(OC)c3)c3ccccc23)SC1=S. The molecule has 1 saturated heterocycles. The molecule has 0 spiro atoms. The summed E-state index contributed by atoms with van der Waals surface area (Å²) in [4.78, 5) is 14.9. The van der Waals surface area contributed by atoms with Gasteiger partial charge in [0.2, 0.25) is 0 Å². The van der Waals surface area contributed by atoms with E-state index in [2.05, 4.69) is 29.5 Å². The minimum atomic E-state index is -0.0758. The Labute approximate surface area is 190 Å². The third kappa shape index (κ3) is 4.52. The Morgan fingerprint density at radius 3 is 2.77 bits per heavy atom. The highest BCUT2D eigenvalue weighted by Crippen LogP contribution is 2.34. The van der Waals surface area contributed by atoms with Crippen LogP contribution in [0.4, 0.5) is 0 Å². The van der Waals surface area contributed by atoms with Gasteiger partial charge in [-0.25, -0.2) is 0 Å². The van der Waals surface area contributed by atoms with Crippen LogP contribution in [0.25, 0.3) is 17.0 Å². The second-order valence-electron chi connectivity index (χ2n) is 6.90. The number of aromatic nitrogens is 1. The van der Waals surface area contributed by atoms with Crippen molar-refractivity contribution in [3.05, 3.63) is 77.9 Å². The number of benzene rings is 2. The molecule has 1 amide bonds. The highest BCUT2D eigenvalue weighted by Gasteiger charge is 2.31. The van der Waals surface area contributed by atoms with Crippen molar-refractivity contribution < 1.29 is 14.3 Å². The Bertz CT molecular complexity index is 1180. The van der Waals surface area contributed by atoms with Crippen LogP contribution in [0.1, 0.15) is 5.56 Å². The number of hydrogen-bond donors (Lipinski definition) is 0. The summed E-state index contributed by atoms with van der Waals surface area (Å²) in [6, 6.07) is 15.7. The fourth-order valence-electron chi connectivity index (χ4n) is 3.46. The lowest BCUT2D eigenvalue weighted by molar-refractivity contribution is -0.121. The molecular weight excluding hydrogens is 428 g/mol. The molecule has 1 fully saturated rings. The van der Waals surface area contributed by atoms with Gasteiger partial charge in [-0.05, 0) is 24.3 Å². The summed E-state index contributed by atoms with van der Waals surface area (Å²) in [5.74, 6) is 1.45. The standard InChI is InChI=1S/C24H22N2O3S2/c1-3-11-26-23(27)22(31-24(26)30)14-17-16-25(21-10-5-4-9-20(17)21)12-13-29-19-8-6-7-18(15-19)28-2/h3-10,14-16H,1,11-13H2,2H3/b22-14+. The van der Waals surface area contributed by atoms with Crippen LogP contribution >= 0.6 is 24.0 Å². The normalized spacial score (nSPS) is 15.1. The van der Waals surface area contributed by atoms with Gasteiger partial charge in [0.05, 0.1) is 18.6 Å². The predicted octanol–water partition coefficient (Wildman–Crippen LogP) is 5.12.